The van der Waals surface area contributed by atoms with E-state index in [4.69, 9.17) is 14.9 Å². The van der Waals surface area contributed by atoms with Gasteiger partial charge in [0.1, 0.15) is 6.33 Å². The van der Waals surface area contributed by atoms with Crippen molar-refractivity contribution in [2.75, 3.05) is 5.73 Å². The average Bonchev–Trinajstić information content (AvgIpc) is 2.66. The van der Waals surface area contributed by atoms with Crippen LogP contribution in [0.25, 0.3) is 0 Å². The molecule has 0 aromatic carbocycles. The molecule has 1 aliphatic rings. The van der Waals surface area contributed by atoms with Crippen LogP contribution in [0.4, 0.5) is 5.95 Å². The van der Waals surface area contributed by atoms with E-state index in [9.17, 15) is 4.79 Å². The third kappa shape index (κ3) is 2.91. The lowest BCUT2D eigenvalue weighted by atomic mass is 9.99. The molecule has 0 aliphatic carbocycles. The van der Waals surface area contributed by atoms with Crippen molar-refractivity contribution in [1.82, 2.24) is 14.5 Å². The molecule has 20 heavy (non-hydrogen) atoms. The fraction of sp³-hybridized carbons (Fsp3) is 0.750. The van der Waals surface area contributed by atoms with Gasteiger partial charge in [-0.05, 0) is 19.5 Å². The molecule has 0 saturated carbocycles. The molecule has 2 heterocycles. The number of nitrogens with two attached hydrogens (primary N) is 1. The standard InChI is InChI=1S/C12H22N4O3Si/c1-5-8-7(2)9(19-20(3)4)10(18-8)16-6-14-11(13)15-12(16)17/h6-10,20H,5H2,1-4H3,(H2,13,15,17)/t7-,8+,9?,10+/m0/s1. The fourth-order valence-corrected chi connectivity index (χ4v) is 3.59. The summed E-state index contributed by atoms with van der Waals surface area (Å²) in [6, 6.07) is 0. The SMILES string of the molecule is CC[C@H]1O[C@@H](n2cnc(N)nc2=O)C(O[SiH](C)C)[C@H]1C. The van der Waals surface area contributed by atoms with Crippen molar-refractivity contribution < 1.29 is 9.16 Å². The van der Waals surface area contributed by atoms with E-state index in [1.165, 1.54) is 10.9 Å². The minimum atomic E-state index is -1.25. The molecule has 2 N–H and O–H groups in total. The molecule has 112 valence electrons. The number of hydrogen-bond donors (Lipinski definition) is 1. The molecule has 4 atom stereocenters. The van der Waals surface area contributed by atoms with Crippen molar-refractivity contribution in [2.45, 2.75) is 51.8 Å². The first-order valence-corrected chi connectivity index (χ1v) is 9.73. The summed E-state index contributed by atoms with van der Waals surface area (Å²) in [5, 5.41) is 0. The molecule has 0 spiro atoms. The van der Waals surface area contributed by atoms with Gasteiger partial charge in [-0.2, -0.15) is 4.98 Å². The van der Waals surface area contributed by atoms with Gasteiger partial charge in [-0.15, -0.1) is 0 Å². The van der Waals surface area contributed by atoms with Gasteiger partial charge in [0.25, 0.3) is 0 Å². The fourth-order valence-electron chi connectivity index (χ4n) is 2.58. The Morgan fingerprint density at radius 1 is 1.55 bits per heavy atom. The summed E-state index contributed by atoms with van der Waals surface area (Å²) < 4.78 is 13.4. The molecule has 8 heteroatoms. The van der Waals surface area contributed by atoms with E-state index in [2.05, 4.69) is 36.9 Å². The molecule has 1 aromatic rings. The van der Waals surface area contributed by atoms with Crippen molar-refractivity contribution in [1.29, 1.82) is 0 Å². The van der Waals surface area contributed by atoms with Crippen molar-refractivity contribution in [3.8, 4) is 0 Å². The number of ether oxygens (including phenoxy) is 1. The zero-order chi connectivity index (χ0) is 14.9. The first kappa shape index (κ1) is 15.1. The molecule has 1 aliphatic heterocycles. The Morgan fingerprint density at radius 2 is 2.25 bits per heavy atom. The summed E-state index contributed by atoms with van der Waals surface area (Å²) in [7, 11) is -1.25. The van der Waals surface area contributed by atoms with Crippen LogP contribution in [0.5, 0.6) is 0 Å². The molecule has 2 rings (SSSR count). The Hall–Kier alpha value is -1.25. The van der Waals surface area contributed by atoms with Crippen LogP contribution in [-0.4, -0.2) is 35.8 Å². The highest BCUT2D eigenvalue weighted by Gasteiger charge is 2.43. The monoisotopic (exact) mass is 298 g/mol. The molecule has 1 saturated heterocycles. The van der Waals surface area contributed by atoms with E-state index in [-0.39, 0.29) is 24.1 Å². The van der Waals surface area contributed by atoms with Crippen LogP contribution in [0.15, 0.2) is 11.1 Å². The Morgan fingerprint density at radius 3 is 2.80 bits per heavy atom. The minimum Gasteiger partial charge on any atom is -0.413 e. The number of anilines is 1. The Kier molecular flexibility index (Phi) is 4.56. The topological polar surface area (TPSA) is 92.3 Å². The van der Waals surface area contributed by atoms with Gasteiger partial charge in [0.15, 0.2) is 15.3 Å². The van der Waals surface area contributed by atoms with E-state index in [0.29, 0.717) is 0 Å². The molecular weight excluding hydrogens is 276 g/mol. The molecule has 1 aromatic heterocycles. The Balaban J connectivity index is 2.34. The van der Waals surface area contributed by atoms with Crippen LogP contribution in [-0.2, 0) is 9.16 Å². The highest BCUT2D eigenvalue weighted by atomic mass is 28.3. The highest BCUT2D eigenvalue weighted by Crippen LogP contribution is 2.36. The molecular formula is C12H22N4O3Si. The first-order valence-electron chi connectivity index (χ1n) is 6.95. The van der Waals surface area contributed by atoms with E-state index < -0.39 is 21.0 Å². The quantitative estimate of drug-likeness (QED) is 0.815. The molecule has 0 radical (unpaired) electrons. The Bertz CT molecular complexity index is 522. The molecule has 0 bridgehead atoms. The number of hydrogen-bond acceptors (Lipinski definition) is 6. The summed E-state index contributed by atoms with van der Waals surface area (Å²) in [6.45, 7) is 8.37. The predicted octanol–water partition coefficient (Wildman–Crippen LogP) is 0.533. The van der Waals surface area contributed by atoms with Crippen molar-refractivity contribution in [3.63, 3.8) is 0 Å². The maximum Gasteiger partial charge on any atom is 0.354 e. The number of nitrogen functional groups attached to an aromatic ring is 1. The van der Waals surface area contributed by atoms with Crippen molar-refractivity contribution in [2.24, 2.45) is 5.92 Å². The zero-order valence-electron chi connectivity index (χ0n) is 12.3. The maximum atomic E-state index is 12.0. The molecule has 1 unspecified atom stereocenters. The van der Waals surface area contributed by atoms with Gasteiger partial charge < -0.3 is 14.9 Å². The highest BCUT2D eigenvalue weighted by molar-refractivity contribution is 6.48. The summed E-state index contributed by atoms with van der Waals surface area (Å²) in [6.07, 6.45) is 1.72. The lowest BCUT2D eigenvalue weighted by Crippen LogP contribution is -2.37. The molecule has 7 nitrogen and oxygen atoms in total. The van der Waals surface area contributed by atoms with Gasteiger partial charge in [0, 0.05) is 5.92 Å². The lowest BCUT2D eigenvalue weighted by molar-refractivity contribution is -0.0352. The molecule has 1 fully saturated rings. The third-order valence-corrected chi connectivity index (χ3v) is 4.41. The first-order chi connectivity index (χ1) is 9.43. The maximum absolute atomic E-state index is 12.0. The second-order valence-electron chi connectivity index (χ2n) is 5.39. The van der Waals surface area contributed by atoms with Gasteiger partial charge in [-0.25, -0.2) is 9.78 Å². The number of nitrogens with zero attached hydrogens (tertiary/aromatic N) is 3. The molecule has 0 amide bonds. The van der Waals surface area contributed by atoms with Crippen LogP contribution in [0.1, 0.15) is 26.5 Å². The Labute approximate surface area is 119 Å². The lowest BCUT2D eigenvalue weighted by Gasteiger charge is -2.24. The average molecular weight is 298 g/mol. The largest absolute Gasteiger partial charge is 0.413 e. The van der Waals surface area contributed by atoms with Gasteiger partial charge in [-0.1, -0.05) is 13.8 Å². The normalized spacial score (nSPS) is 30.1. The van der Waals surface area contributed by atoms with Gasteiger partial charge >= 0.3 is 5.69 Å². The smallest absolute Gasteiger partial charge is 0.354 e. The third-order valence-electron chi connectivity index (χ3n) is 3.55. The summed E-state index contributed by atoms with van der Waals surface area (Å²) in [5.41, 5.74) is 4.97. The van der Waals surface area contributed by atoms with Gasteiger partial charge in [0.2, 0.25) is 5.95 Å². The minimum absolute atomic E-state index is 0.0277. The summed E-state index contributed by atoms with van der Waals surface area (Å²) in [4.78, 5) is 19.5. The summed E-state index contributed by atoms with van der Waals surface area (Å²) >= 11 is 0. The van der Waals surface area contributed by atoms with Gasteiger partial charge in [0.05, 0.1) is 12.2 Å². The van der Waals surface area contributed by atoms with E-state index in [0.717, 1.165) is 6.42 Å². The predicted molar refractivity (Wildman–Crippen MR) is 77.8 cm³/mol. The second-order valence-corrected chi connectivity index (χ2v) is 7.76. The van der Waals surface area contributed by atoms with Crippen LogP contribution in [0.3, 0.4) is 0 Å². The van der Waals surface area contributed by atoms with Crippen LogP contribution in [0.2, 0.25) is 13.1 Å². The van der Waals surface area contributed by atoms with Crippen LogP contribution < -0.4 is 11.4 Å². The number of rotatable bonds is 4. The van der Waals surface area contributed by atoms with Crippen molar-refractivity contribution >= 4 is 15.0 Å². The van der Waals surface area contributed by atoms with E-state index >= 15 is 0 Å². The van der Waals surface area contributed by atoms with Gasteiger partial charge in [-0.3, -0.25) is 4.57 Å². The second kappa shape index (κ2) is 6.02. The van der Waals surface area contributed by atoms with Crippen LogP contribution >= 0.6 is 0 Å². The van der Waals surface area contributed by atoms with E-state index in [1.807, 2.05) is 0 Å². The summed E-state index contributed by atoms with van der Waals surface area (Å²) in [5.74, 6) is 0.199. The zero-order valence-corrected chi connectivity index (χ0v) is 13.5. The number of aromatic nitrogens is 3. The van der Waals surface area contributed by atoms with Crippen molar-refractivity contribution in [3.05, 3.63) is 16.8 Å². The van der Waals surface area contributed by atoms with Crippen LogP contribution in [0, 0.1) is 5.92 Å². The van der Waals surface area contributed by atoms with E-state index in [1.54, 1.807) is 0 Å².